The number of carbonyl (C=O) groups excluding carboxylic acids is 1. The minimum absolute atomic E-state index is 0.0138. The molecule has 0 aromatic heterocycles. The number of quaternary nitrogens is 1. The number of carbonyl (C=O) groups is 1. The number of esters is 1. The van der Waals surface area contributed by atoms with Crippen LogP contribution in [0.4, 0.5) is 0 Å². The molecule has 0 unspecified atom stereocenters. The molecular weight excluding hydrogens is 370 g/mol. The molecule has 0 bridgehead atoms. The van der Waals surface area contributed by atoms with Crippen LogP contribution in [-0.4, -0.2) is 24.7 Å². The summed E-state index contributed by atoms with van der Waals surface area (Å²) in [7, 11) is 0. The van der Waals surface area contributed by atoms with E-state index in [1.165, 1.54) is 122 Å². The van der Waals surface area contributed by atoms with Crippen molar-refractivity contribution in [2.24, 2.45) is 5.92 Å². The maximum Gasteiger partial charge on any atom is 0.306 e. The Bertz CT molecular complexity index is 402. The molecule has 0 radical (unpaired) electrons. The van der Waals surface area contributed by atoms with Crippen LogP contribution < -0.4 is 5.32 Å². The van der Waals surface area contributed by atoms with Crippen LogP contribution in [-0.2, 0) is 9.53 Å². The van der Waals surface area contributed by atoms with Gasteiger partial charge >= 0.3 is 5.97 Å². The third-order valence-electron chi connectivity index (χ3n) is 7.03. The molecule has 0 amide bonds. The van der Waals surface area contributed by atoms with E-state index < -0.39 is 0 Å². The fourth-order valence-electron chi connectivity index (χ4n) is 4.87. The van der Waals surface area contributed by atoms with Crippen LogP contribution in [0.15, 0.2) is 0 Å². The third kappa shape index (κ3) is 14.4. The molecule has 0 aromatic rings. The lowest BCUT2D eigenvalue weighted by atomic mass is 9.83. The molecule has 3 heteroatoms. The summed E-state index contributed by atoms with van der Waals surface area (Å²) in [5, 5.41) is 2.37. The Morgan fingerprint density at radius 2 is 1.13 bits per heavy atom. The Labute approximate surface area is 188 Å². The van der Waals surface area contributed by atoms with Crippen molar-refractivity contribution >= 4 is 5.97 Å². The van der Waals surface area contributed by atoms with E-state index in [2.05, 4.69) is 26.1 Å². The van der Waals surface area contributed by atoms with Gasteiger partial charge in [-0.3, -0.25) is 4.79 Å². The highest BCUT2D eigenvalue weighted by Gasteiger charge is 2.35. The molecule has 3 nitrogen and oxygen atoms in total. The Morgan fingerprint density at radius 3 is 1.57 bits per heavy atom. The van der Waals surface area contributed by atoms with Gasteiger partial charge in [-0.25, -0.2) is 0 Å². The van der Waals surface area contributed by atoms with E-state index in [0.717, 1.165) is 6.42 Å². The van der Waals surface area contributed by atoms with E-state index >= 15 is 0 Å². The summed E-state index contributed by atoms with van der Waals surface area (Å²) < 4.78 is 5.85. The second kappa shape index (κ2) is 18.0. The number of piperidine rings is 1. The SMILES string of the molecule is CCCCCCCCCCCCCCCCCCC(=O)OC(C)(C)C1CC[NH2+]CC1. The second-order valence-corrected chi connectivity index (χ2v) is 10.3. The van der Waals surface area contributed by atoms with Crippen LogP contribution in [0.3, 0.4) is 0 Å². The molecule has 1 heterocycles. The average molecular weight is 425 g/mol. The maximum absolute atomic E-state index is 12.2. The molecule has 1 saturated heterocycles. The summed E-state index contributed by atoms with van der Waals surface area (Å²) >= 11 is 0. The highest BCUT2D eigenvalue weighted by atomic mass is 16.6. The third-order valence-corrected chi connectivity index (χ3v) is 7.03. The van der Waals surface area contributed by atoms with E-state index in [4.69, 9.17) is 4.74 Å². The van der Waals surface area contributed by atoms with Crippen molar-refractivity contribution in [3.63, 3.8) is 0 Å². The summed E-state index contributed by atoms with van der Waals surface area (Å²) in [4.78, 5) is 12.2. The van der Waals surface area contributed by atoms with Gasteiger partial charge < -0.3 is 10.1 Å². The first kappa shape index (κ1) is 27.5. The molecule has 0 aromatic carbocycles. The van der Waals surface area contributed by atoms with Crippen molar-refractivity contribution in [1.82, 2.24) is 0 Å². The lowest BCUT2D eigenvalue weighted by Crippen LogP contribution is -2.86. The summed E-state index contributed by atoms with van der Waals surface area (Å²) in [6.07, 6.45) is 24.7. The zero-order valence-corrected chi connectivity index (χ0v) is 20.8. The number of hydrogen-bond acceptors (Lipinski definition) is 2. The van der Waals surface area contributed by atoms with Crippen molar-refractivity contribution in [3.8, 4) is 0 Å². The summed E-state index contributed by atoms with van der Waals surface area (Å²) in [5.74, 6) is 0.539. The molecule has 1 aliphatic heterocycles. The van der Waals surface area contributed by atoms with Gasteiger partial charge in [-0.15, -0.1) is 0 Å². The highest BCUT2D eigenvalue weighted by Crippen LogP contribution is 2.28. The molecular formula is C27H54NO2+. The molecule has 1 rings (SSSR count). The van der Waals surface area contributed by atoms with Crippen LogP contribution in [0.1, 0.15) is 143 Å². The van der Waals surface area contributed by atoms with Gasteiger partial charge in [0.2, 0.25) is 0 Å². The fraction of sp³-hybridized carbons (Fsp3) is 0.963. The molecule has 0 aliphatic carbocycles. The molecule has 0 atom stereocenters. The predicted molar refractivity (Wildman–Crippen MR) is 129 cm³/mol. The van der Waals surface area contributed by atoms with Crippen LogP contribution in [0.5, 0.6) is 0 Å². The minimum Gasteiger partial charge on any atom is -0.459 e. The molecule has 30 heavy (non-hydrogen) atoms. The number of rotatable bonds is 19. The summed E-state index contributed by atoms with van der Waals surface area (Å²) in [6.45, 7) is 8.84. The van der Waals surface area contributed by atoms with Crippen molar-refractivity contribution in [2.75, 3.05) is 13.1 Å². The first-order valence-corrected chi connectivity index (χ1v) is 13.6. The first-order valence-electron chi connectivity index (χ1n) is 13.6. The fourth-order valence-corrected chi connectivity index (χ4v) is 4.87. The predicted octanol–water partition coefficient (Wildman–Crippen LogP) is 6.93. The second-order valence-electron chi connectivity index (χ2n) is 10.3. The number of unbranched alkanes of at least 4 members (excludes halogenated alkanes) is 15. The quantitative estimate of drug-likeness (QED) is 0.180. The Morgan fingerprint density at radius 1 is 0.733 bits per heavy atom. The summed E-state index contributed by atoms with van der Waals surface area (Å²) in [6, 6.07) is 0. The number of nitrogens with two attached hydrogens (primary N) is 1. The largest absolute Gasteiger partial charge is 0.459 e. The van der Waals surface area contributed by atoms with Gasteiger partial charge in [0.15, 0.2) is 0 Å². The van der Waals surface area contributed by atoms with Crippen LogP contribution >= 0.6 is 0 Å². The molecule has 1 fully saturated rings. The van der Waals surface area contributed by atoms with Gasteiger partial charge in [0.05, 0.1) is 13.1 Å². The first-order chi connectivity index (χ1) is 14.6. The van der Waals surface area contributed by atoms with E-state index in [9.17, 15) is 4.79 Å². The molecule has 1 aliphatic rings. The van der Waals surface area contributed by atoms with E-state index in [-0.39, 0.29) is 11.6 Å². The van der Waals surface area contributed by atoms with Crippen LogP contribution in [0.25, 0.3) is 0 Å². The Balaban J connectivity index is 1.84. The minimum atomic E-state index is -0.291. The Hall–Kier alpha value is -0.570. The van der Waals surface area contributed by atoms with Crippen molar-refractivity contribution < 1.29 is 14.8 Å². The van der Waals surface area contributed by atoms with Crippen molar-refractivity contribution in [2.45, 2.75) is 148 Å². The van der Waals surface area contributed by atoms with Crippen molar-refractivity contribution in [3.05, 3.63) is 0 Å². The van der Waals surface area contributed by atoms with Gasteiger partial charge in [-0.2, -0.15) is 0 Å². The van der Waals surface area contributed by atoms with E-state index in [1.54, 1.807) is 0 Å². The number of ether oxygens (including phenoxy) is 1. The smallest absolute Gasteiger partial charge is 0.306 e. The van der Waals surface area contributed by atoms with Gasteiger partial charge in [-0.05, 0) is 20.3 Å². The monoisotopic (exact) mass is 424 g/mol. The molecule has 0 saturated carbocycles. The highest BCUT2D eigenvalue weighted by molar-refractivity contribution is 5.69. The number of hydrogen-bond donors (Lipinski definition) is 1. The zero-order chi connectivity index (χ0) is 21.9. The normalized spacial score (nSPS) is 15.4. The average Bonchev–Trinajstić information content (AvgIpc) is 2.73. The molecule has 2 N–H and O–H groups in total. The standard InChI is InChI=1S/C27H53NO2/c1-4-5-6-7-8-9-10-11-12-13-14-15-16-17-18-19-20-26(29)30-27(2,3)25-21-23-28-24-22-25/h25,28H,4-24H2,1-3H3/p+1. The van der Waals surface area contributed by atoms with Gasteiger partial charge in [0, 0.05) is 25.2 Å². The van der Waals surface area contributed by atoms with Gasteiger partial charge in [-0.1, -0.05) is 103 Å². The topological polar surface area (TPSA) is 42.9 Å². The lowest BCUT2D eigenvalue weighted by molar-refractivity contribution is -0.665. The molecule has 178 valence electrons. The van der Waals surface area contributed by atoms with E-state index in [0.29, 0.717) is 12.3 Å². The Kier molecular flexibility index (Phi) is 16.5. The van der Waals surface area contributed by atoms with Gasteiger partial charge in [0.1, 0.15) is 5.60 Å². The lowest BCUT2D eigenvalue weighted by Gasteiger charge is -2.35. The van der Waals surface area contributed by atoms with Crippen LogP contribution in [0.2, 0.25) is 0 Å². The van der Waals surface area contributed by atoms with Crippen molar-refractivity contribution in [1.29, 1.82) is 0 Å². The zero-order valence-electron chi connectivity index (χ0n) is 20.8. The van der Waals surface area contributed by atoms with Crippen LogP contribution in [0, 0.1) is 5.92 Å². The van der Waals surface area contributed by atoms with Gasteiger partial charge in [0.25, 0.3) is 0 Å². The van der Waals surface area contributed by atoms with E-state index in [1.807, 2.05) is 0 Å². The summed E-state index contributed by atoms with van der Waals surface area (Å²) in [5.41, 5.74) is -0.291. The molecule has 0 spiro atoms. The maximum atomic E-state index is 12.2.